The van der Waals surface area contributed by atoms with Gasteiger partial charge in [-0.2, -0.15) is 0 Å². The third-order valence-electron chi connectivity index (χ3n) is 5.97. The summed E-state index contributed by atoms with van der Waals surface area (Å²) < 4.78 is 5.24. The van der Waals surface area contributed by atoms with Crippen molar-refractivity contribution in [2.45, 2.75) is 37.4 Å². The van der Waals surface area contributed by atoms with E-state index >= 15 is 0 Å². The summed E-state index contributed by atoms with van der Waals surface area (Å²) in [7, 11) is 0. The van der Waals surface area contributed by atoms with E-state index in [9.17, 15) is 19.2 Å². The molecule has 0 radical (unpaired) electrons. The van der Waals surface area contributed by atoms with Crippen molar-refractivity contribution < 1.29 is 23.6 Å². The maximum absolute atomic E-state index is 13.4. The van der Waals surface area contributed by atoms with Crippen LogP contribution in [0.4, 0.5) is 0 Å². The van der Waals surface area contributed by atoms with Crippen molar-refractivity contribution in [1.29, 1.82) is 0 Å². The molecule has 36 heavy (non-hydrogen) atoms. The normalized spacial score (nSPS) is 18.2. The second-order valence-electron chi connectivity index (χ2n) is 8.43. The fourth-order valence-electron chi connectivity index (χ4n) is 4.15. The molecule has 3 aromatic rings. The van der Waals surface area contributed by atoms with Gasteiger partial charge in [0.1, 0.15) is 17.8 Å². The number of piperidine rings is 1. The van der Waals surface area contributed by atoms with Crippen LogP contribution < -0.4 is 16.4 Å². The predicted molar refractivity (Wildman–Crippen MR) is 127 cm³/mol. The molecule has 1 saturated heterocycles. The topological polar surface area (TPSA) is 161 Å². The number of hydrogen-bond donors (Lipinski definition) is 3. The molecule has 1 aliphatic heterocycles. The van der Waals surface area contributed by atoms with Gasteiger partial charge in [0, 0.05) is 31.4 Å². The first-order valence-corrected chi connectivity index (χ1v) is 11.5. The molecular weight excluding hydrogens is 464 g/mol. The van der Waals surface area contributed by atoms with Crippen LogP contribution in [-0.4, -0.2) is 63.2 Å². The van der Waals surface area contributed by atoms with Crippen molar-refractivity contribution in [2.24, 2.45) is 5.73 Å². The van der Waals surface area contributed by atoms with E-state index < -0.39 is 41.8 Å². The van der Waals surface area contributed by atoms with Crippen LogP contribution in [0.15, 0.2) is 71.7 Å². The van der Waals surface area contributed by atoms with E-state index in [1.54, 1.807) is 6.07 Å². The quantitative estimate of drug-likeness (QED) is 0.418. The fourth-order valence-corrected chi connectivity index (χ4v) is 4.15. The third kappa shape index (κ3) is 5.93. The van der Waals surface area contributed by atoms with Gasteiger partial charge >= 0.3 is 0 Å². The Hall–Kier alpha value is -4.54. The van der Waals surface area contributed by atoms with Crippen LogP contribution in [0.1, 0.15) is 39.4 Å². The van der Waals surface area contributed by atoms with Crippen LogP contribution in [0.3, 0.4) is 0 Å². The molecule has 3 atom stereocenters. The second kappa shape index (κ2) is 11.3. The molecule has 0 bridgehead atoms. The number of primary amides is 1. The first-order chi connectivity index (χ1) is 17.4. The lowest BCUT2D eigenvalue weighted by atomic mass is 9.95. The number of rotatable bonds is 8. The van der Waals surface area contributed by atoms with Gasteiger partial charge in [-0.05, 0) is 30.5 Å². The van der Waals surface area contributed by atoms with Gasteiger partial charge in [0.2, 0.25) is 11.8 Å². The van der Waals surface area contributed by atoms with E-state index in [0.29, 0.717) is 6.42 Å². The minimum atomic E-state index is -0.977. The molecule has 1 aliphatic rings. The summed E-state index contributed by atoms with van der Waals surface area (Å²) in [6.07, 6.45) is 6.32. The van der Waals surface area contributed by atoms with Crippen molar-refractivity contribution in [1.82, 2.24) is 25.5 Å². The van der Waals surface area contributed by atoms with Gasteiger partial charge in [0.05, 0.1) is 12.5 Å². The number of nitrogens with two attached hydrogens (primary N) is 1. The molecule has 4 rings (SSSR count). The van der Waals surface area contributed by atoms with Gasteiger partial charge in [-0.3, -0.25) is 24.2 Å². The number of furan rings is 1. The minimum Gasteiger partial charge on any atom is -0.459 e. The highest BCUT2D eigenvalue weighted by atomic mass is 16.3. The number of carbonyl (C=O) groups is 4. The van der Waals surface area contributed by atoms with E-state index in [1.165, 1.54) is 35.8 Å². The number of carbonyl (C=O) groups excluding carboxylic acids is 4. The van der Waals surface area contributed by atoms with Crippen LogP contribution in [0.5, 0.6) is 0 Å². The van der Waals surface area contributed by atoms with E-state index in [2.05, 4.69) is 20.6 Å². The zero-order valence-electron chi connectivity index (χ0n) is 19.4. The maximum Gasteiger partial charge on any atom is 0.290 e. The molecule has 11 heteroatoms. The standard InChI is InChI=1S/C25H26N6O5/c26-22(32)18(13-16-5-2-1-3-6-16)30-24(34)20-14-17(29-23(33)19-15-27-9-10-28-19)8-11-31(20)25(35)21-7-4-12-36-21/h1-7,9-10,12,15,17-18,20H,8,11,13-14H2,(H2,26,32)(H,29,33)(H,30,34)/t17-,18+,20+/m0/s1. The zero-order valence-corrected chi connectivity index (χ0v) is 19.4. The molecule has 0 spiro atoms. The molecule has 1 fully saturated rings. The lowest BCUT2D eigenvalue weighted by Crippen LogP contribution is -2.59. The van der Waals surface area contributed by atoms with E-state index in [0.717, 1.165) is 5.56 Å². The Morgan fingerprint density at radius 3 is 2.58 bits per heavy atom. The number of amides is 4. The zero-order chi connectivity index (χ0) is 25.5. The molecule has 2 aromatic heterocycles. The summed E-state index contributed by atoms with van der Waals surface area (Å²) >= 11 is 0. The summed E-state index contributed by atoms with van der Waals surface area (Å²) in [4.78, 5) is 60.5. The van der Waals surface area contributed by atoms with Crippen LogP contribution in [0.2, 0.25) is 0 Å². The molecule has 0 saturated carbocycles. The van der Waals surface area contributed by atoms with Crippen LogP contribution in [0.25, 0.3) is 0 Å². The van der Waals surface area contributed by atoms with E-state index in [-0.39, 0.29) is 30.8 Å². The summed E-state index contributed by atoms with van der Waals surface area (Å²) in [6.45, 7) is 0.183. The molecule has 1 aromatic carbocycles. The summed E-state index contributed by atoms with van der Waals surface area (Å²) in [6, 6.07) is 9.88. The highest BCUT2D eigenvalue weighted by Crippen LogP contribution is 2.22. The Bertz CT molecular complexity index is 1200. The minimum absolute atomic E-state index is 0.0885. The number of nitrogens with zero attached hydrogens (tertiary/aromatic N) is 3. The van der Waals surface area contributed by atoms with Gasteiger partial charge in [-0.15, -0.1) is 0 Å². The van der Waals surface area contributed by atoms with Gasteiger partial charge in [0.15, 0.2) is 5.76 Å². The maximum atomic E-state index is 13.4. The lowest BCUT2D eigenvalue weighted by Gasteiger charge is -2.38. The van der Waals surface area contributed by atoms with Crippen molar-refractivity contribution >= 4 is 23.6 Å². The number of benzene rings is 1. The Kier molecular flexibility index (Phi) is 7.69. The van der Waals surface area contributed by atoms with Gasteiger partial charge in [0.25, 0.3) is 11.8 Å². The lowest BCUT2D eigenvalue weighted by molar-refractivity contribution is -0.131. The van der Waals surface area contributed by atoms with Crippen molar-refractivity contribution in [2.75, 3.05) is 6.54 Å². The molecular formula is C25H26N6O5. The summed E-state index contributed by atoms with van der Waals surface area (Å²) in [5.41, 5.74) is 6.54. The monoisotopic (exact) mass is 490 g/mol. The average Bonchev–Trinajstić information content (AvgIpc) is 3.44. The first-order valence-electron chi connectivity index (χ1n) is 11.5. The van der Waals surface area contributed by atoms with E-state index in [4.69, 9.17) is 10.2 Å². The predicted octanol–water partition coefficient (Wildman–Crippen LogP) is 0.686. The van der Waals surface area contributed by atoms with Crippen LogP contribution >= 0.6 is 0 Å². The van der Waals surface area contributed by atoms with Crippen molar-refractivity contribution in [3.8, 4) is 0 Å². The number of aromatic nitrogens is 2. The second-order valence-corrected chi connectivity index (χ2v) is 8.43. The molecule has 3 heterocycles. The smallest absolute Gasteiger partial charge is 0.290 e. The first kappa shape index (κ1) is 24.6. The molecule has 11 nitrogen and oxygen atoms in total. The van der Waals surface area contributed by atoms with Crippen LogP contribution in [-0.2, 0) is 16.0 Å². The highest BCUT2D eigenvalue weighted by Gasteiger charge is 2.39. The molecule has 0 aliphatic carbocycles. The number of nitrogens with one attached hydrogen (secondary N) is 2. The van der Waals surface area contributed by atoms with Crippen molar-refractivity contribution in [3.05, 3.63) is 84.3 Å². The molecule has 4 N–H and O–H groups in total. The average molecular weight is 491 g/mol. The third-order valence-corrected chi connectivity index (χ3v) is 5.97. The number of likely N-dealkylation sites (tertiary alicyclic amines) is 1. The number of hydrogen-bond acceptors (Lipinski definition) is 7. The largest absolute Gasteiger partial charge is 0.459 e. The van der Waals surface area contributed by atoms with Crippen molar-refractivity contribution in [3.63, 3.8) is 0 Å². The van der Waals surface area contributed by atoms with Gasteiger partial charge in [-0.1, -0.05) is 30.3 Å². The summed E-state index contributed by atoms with van der Waals surface area (Å²) in [5.74, 6) is -2.05. The highest BCUT2D eigenvalue weighted by molar-refractivity contribution is 5.97. The molecule has 4 amide bonds. The van der Waals surface area contributed by atoms with Crippen LogP contribution in [0, 0.1) is 0 Å². The van der Waals surface area contributed by atoms with Gasteiger partial charge < -0.3 is 25.7 Å². The Labute approximate surface area is 207 Å². The Morgan fingerprint density at radius 1 is 1.11 bits per heavy atom. The Morgan fingerprint density at radius 2 is 1.92 bits per heavy atom. The Balaban J connectivity index is 1.51. The SMILES string of the molecule is NC(=O)[C@@H](Cc1ccccc1)NC(=O)[C@H]1C[C@@H](NC(=O)c2cnccn2)CCN1C(=O)c1ccco1. The van der Waals surface area contributed by atoms with Gasteiger partial charge in [-0.25, -0.2) is 4.98 Å². The van der Waals surface area contributed by atoms with E-state index in [1.807, 2.05) is 30.3 Å². The summed E-state index contributed by atoms with van der Waals surface area (Å²) in [5, 5.41) is 5.55. The fraction of sp³-hybridized carbons (Fsp3) is 0.280. The molecule has 186 valence electrons. The molecule has 0 unspecified atom stereocenters.